The fraction of sp³-hybridized carbons (Fsp3) is 0.312. The van der Waals surface area contributed by atoms with Crippen molar-refractivity contribution in [1.82, 2.24) is 9.29 Å². The van der Waals surface area contributed by atoms with Crippen molar-refractivity contribution in [2.24, 2.45) is 0 Å². The number of rotatable bonds is 4. The molecule has 0 unspecified atom stereocenters. The summed E-state index contributed by atoms with van der Waals surface area (Å²) in [6.45, 7) is 0.616. The van der Waals surface area contributed by atoms with Crippen molar-refractivity contribution in [3.63, 3.8) is 0 Å². The molecule has 0 radical (unpaired) electrons. The largest absolute Gasteiger partial charge is 0.373 e. The van der Waals surface area contributed by atoms with E-state index < -0.39 is 21.9 Å². The topological polar surface area (TPSA) is 71.5 Å². The SMILES string of the molecule is CNc1cccc([C@H]2CN(S(=O)(=O)c3cccc(F)c3)CCO2)n1. The molecule has 2 heterocycles. The van der Waals surface area contributed by atoms with Gasteiger partial charge in [-0.1, -0.05) is 12.1 Å². The van der Waals surface area contributed by atoms with Crippen LogP contribution in [0.5, 0.6) is 0 Å². The summed E-state index contributed by atoms with van der Waals surface area (Å²) in [7, 11) is -2.01. The van der Waals surface area contributed by atoms with Crippen LogP contribution in [0.3, 0.4) is 0 Å². The van der Waals surface area contributed by atoms with Crippen molar-refractivity contribution in [3.05, 3.63) is 54.0 Å². The highest BCUT2D eigenvalue weighted by Crippen LogP contribution is 2.26. The van der Waals surface area contributed by atoms with Crippen LogP contribution in [0, 0.1) is 5.82 Å². The maximum Gasteiger partial charge on any atom is 0.243 e. The molecule has 1 aliphatic rings. The Kier molecular flexibility index (Phi) is 4.79. The summed E-state index contributed by atoms with van der Waals surface area (Å²) in [5.74, 6) is 0.102. The van der Waals surface area contributed by atoms with E-state index in [4.69, 9.17) is 4.74 Å². The fourth-order valence-corrected chi connectivity index (χ4v) is 4.03. The van der Waals surface area contributed by atoms with Crippen LogP contribution in [0.1, 0.15) is 11.8 Å². The first-order chi connectivity index (χ1) is 11.5. The molecule has 0 bridgehead atoms. The Morgan fingerprint density at radius 2 is 2.08 bits per heavy atom. The molecular weight excluding hydrogens is 333 g/mol. The van der Waals surface area contributed by atoms with Crippen LogP contribution >= 0.6 is 0 Å². The second kappa shape index (κ2) is 6.84. The maximum absolute atomic E-state index is 13.4. The number of hydrogen-bond acceptors (Lipinski definition) is 5. The zero-order valence-corrected chi connectivity index (χ0v) is 14.0. The first kappa shape index (κ1) is 16.8. The van der Waals surface area contributed by atoms with E-state index in [9.17, 15) is 12.8 Å². The normalized spacial score (nSPS) is 19.2. The standard InChI is InChI=1S/C16H18FN3O3S/c1-18-16-7-3-6-14(19-16)15-11-20(8-9-23-15)24(21,22)13-5-2-4-12(17)10-13/h2-7,10,15H,8-9,11H2,1H3,(H,18,19)/t15-/m1/s1. The Hall–Kier alpha value is -2.03. The highest BCUT2D eigenvalue weighted by Gasteiger charge is 2.32. The van der Waals surface area contributed by atoms with Crippen LogP contribution in [0.15, 0.2) is 47.4 Å². The predicted molar refractivity (Wildman–Crippen MR) is 87.6 cm³/mol. The average molecular weight is 351 g/mol. The lowest BCUT2D eigenvalue weighted by molar-refractivity contribution is -0.00486. The lowest BCUT2D eigenvalue weighted by Crippen LogP contribution is -2.42. The van der Waals surface area contributed by atoms with Gasteiger partial charge in [0.1, 0.15) is 17.7 Å². The number of nitrogens with zero attached hydrogens (tertiary/aromatic N) is 2. The minimum absolute atomic E-state index is 0.0555. The fourth-order valence-electron chi connectivity index (χ4n) is 2.57. The van der Waals surface area contributed by atoms with Crippen LogP contribution in [0.4, 0.5) is 10.2 Å². The molecule has 24 heavy (non-hydrogen) atoms. The molecule has 1 aliphatic heterocycles. The molecule has 2 aromatic rings. The monoisotopic (exact) mass is 351 g/mol. The van der Waals surface area contributed by atoms with Crippen molar-refractivity contribution >= 4 is 15.8 Å². The molecule has 8 heteroatoms. The van der Waals surface area contributed by atoms with E-state index in [0.29, 0.717) is 11.5 Å². The van der Waals surface area contributed by atoms with Gasteiger partial charge in [0.05, 0.1) is 17.2 Å². The number of ether oxygens (including phenoxy) is 1. The van der Waals surface area contributed by atoms with Crippen LogP contribution in [0.25, 0.3) is 0 Å². The van der Waals surface area contributed by atoms with Gasteiger partial charge in [0.2, 0.25) is 10.0 Å². The molecule has 6 nitrogen and oxygen atoms in total. The van der Waals surface area contributed by atoms with Gasteiger partial charge in [-0.25, -0.2) is 17.8 Å². The smallest absolute Gasteiger partial charge is 0.243 e. The Labute approximate surface area is 140 Å². The molecule has 128 valence electrons. The van der Waals surface area contributed by atoms with E-state index in [0.717, 1.165) is 6.07 Å². The molecule has 1 aromatic heterocycles. The molecule has 0 spiro atoms. The molecule has 0 saturated carbocycles. The number of hydrogen-bond donors (Lipinski definition) is 1. The number of benzene rings is 1. The van der Waals surface area contributed by atoms with Gasteiger partial charge in [0.15, 0.2) is 0 Å². The summed E-state index contributed by atoms with van der Waals surface area (Å²) in [6, 6.07) is 10.5. The summed E-state index contributed by atoms with van der Waals surface area (Å²) < 4.78 is 45.8. The average Bonchev–Trinajstić information content (AvgIpc) is 2.62. The summed E-state index contributed by atoms with van der Waals surface area (Å²) in [4.78, 5) is 4.35. The third-order valence-corrected chi connectivity index (χ3v) is 5.68. The number of aromatic nitrogens is 1. The maximum atomic E-state index is 13.4. The molecule has 1 fully saturated rings. The molecule has 3 rings (SSSR count). The van der Waals surface area contributed by atoms with E-state index in [-0.39, 0.29) is 24.6 Å². The molecular formula is C16H18FN3O3S. The van der Waals surface area contributed by atoms with Gasteiger partial charge in [0.25, 0.3) is 0 Å². The van der Waals surface area contributed by atoms with Crippen molar-refractivity contribution in [2.45, 2.75) is 11.0 Å². The van der Waals surface area contributed by atoms with Crippen molar-refractivity contribution in [1.29, 1.82) is 0 Å². The van der Waals surface area contributed by atoms with E-state index >= 15 is 0 Å². The van der Waals surface area contributed by atoms with E-state index in [1.54, 1.807) is 13.1 Å². The zero-order valence-electron chi connectivity index (χ0n) is 13.1. The van der Waals surface area contributed by atoms with E-state index in [2.05, 4.69) is 10.3 Å². The van der Waals surface area contributed by atoms with Crippen LogP contribution < -0.4 is 5.32 Å². The molecule has 1 saturated heterocycles. The first-order valence-corrected chi connectivity index (χ1v) is 8.97. The number of nitrogens with one attached hydrogen (secondary N) is 1. The number of morpholine rings is 1. The second-order valence-corrected chi connectivity index (χ2v) is 7.32. The highest BCUT2D eigenvalue weighted by atomic mass is 32.2. The van der Waals surface area contributed by atoms with E-state index in [1.165, 1.54) is 22.5 Å². The van der Waals surface area contributed by atoms with Gasteiger partial charge >= 0.3 is 0 Å². The van der Waals surface area contributed by atoms with Gasteiger partial charge in [-0.15, -0.1) is 0 Å². The summed E-state index contributed by atoms with van der Waals surface area (Å²) in [5.41, 5.74) is 0.654. The second-order valence-electron chi connectivity index (χ2n) is 5.38. The third-order valence-electron chi connectivity index (χ3n) is 3.82. The van der Waals surface area contributed by atoms with Gasteiger partial charge in [-0.05, 0) is 30.3 Å². The van der Waals surface area contributed by atoms with Gasteiger partial charge in [0, 0.05) is 20.1 Å². The zero-order chi connectivity index (χ0) is 17.2. The van der Waals surface area contributed by atoms with Crippen LogP contribution in [-0.2, 0) is 14.8 Å². The summed E-state index contributed by atoms with van der Waals surface area (Å²) in [5, 5.41) is 2.94. The number of anilines is 1. The van der Waals surface area contributed by atoms with Gasteiger partial charge in [-0.3, -0.25) is 0 Å². The molecule has 1 atom stereocenters. The van der Waals surface area contributed by atoms with Crippen LogP contribution in [0.2, 0.25) is 0 Å². The Balaban J connectivity index is 1.85. The van der Waals surface area contributed by atoms with Gasteiger partial charge in [-0.2, -0.15) is 4.31 Å². The van der Waals surface area contributed by atoms with Crippen LogP contribution in [-0.4, -0.2) is 44.5 Å². The Bertz CT molecular complexity index is 829. The van der Waals surface area contributed by atoms with E-state index in [1.807, 2.05) is 12.1 Å². The number of halogens is 1. The lowest BCUT2D eigenvalue weighted by atomic mass is 10.2. The molecule has 0 amide bonds. The lowest BCUT2D eigenvalue weighted by Gasteiger charge is -2.32. The molecule has 0 aliphatic carbocycles. The Morgan fingerprint density at radius 3 is 2.83 bits per heavy atom. The quantitative estimate of drug-likeness (QED) is 0.913. The Morgan fingerprint density at radius 1 is 1.29 bits per heavy atom. The number of pyridine rings is 1. The molecule has 1 N–H and O–H groups in total. The first-order valence-electron chi connectivity index (χ1n) is 7.53. The van der Waals surface area contributed by atoms with Crippen molar-refractivity contribution in [3.8, 4) is 0 Å². The van der Waals surface area contributed by atoms with Crippen molar-refractivity contribution in [2.75, 3.05) is 32.1 Å². The van der Waals surface area contributed by atoms with Gasteiger partial charge < -0.3 is 10.1 Å². The molecule has 1 aromatic carbocycles. The summed E-state index contributed by atoms with van der Waals surface area (Å²) >= 11 is 0. The van der Waals surface area contributed by atoms with Crippen molar-refractivity contribution < 1.29 is 17.5 Å². The minimum Gasteiger partial charge on any atom is -0.373 e. The highest BCUT2D eigenvalue weighted by molar-refractivity contribution is 7.89. The minimum atomic E-state index is -3.77. The third kappa shape index (κ3) is 3.40. The number of sulfonamides is 1. The predicted octanol–water partition coefficient (Wildman–Crippen LogP) is 2.02. The summed E-state index contributed by atoms with van der Waals surface area (Å²) in [6.07, 6.45) is -0.463.